The zero-order valence-corrected chi connectivity index (χ0v) is 38.3. The lowest BCUT2D eigenvalue weighted by atomic mass is 9.80. The lowest BCUT2D eigenvalue weighted by Gasteiger charge is -2.24. The molecule has 0 aliphatic carbocycles. The predicted molar refractivity (Wildman–Crippen MR) is 289 cm³/mol. The van der Waals surface area contributed by atoms with Gasteiger partial charge in [0.1, 0.15) is 0 Å². The van der Waals surface area contributed by atoms with E-state index in [0.29, 0.717) is 0 Å². The third-order valence-corrected chi connectivity index (χ3v) is 15.3. The minimum atomic E-state index is -0.0107. The van der Waals surface area contributed by atoms with Crippen molar-refractivity contribution in [2.45, 2.75) is 52.4 Å². The Bertz CT molecular complexity index is 4310. The largest absolute Gasteiger partial charge is 0.0622 e. The van der Waals surface area contributed by atoms with E-state index in [1.807, 2.05) is 0 Å². The molecule has 66 heavy (non-hydrogen) atoms. The van der Waals surface area contributed by atoms with Crippen LogP contribution >= 0.6 is 0 Å². The highest BCUT2D eigenvalue weighted by atomic mass is 14.3. The molecule has 0 saturated carbocycles. The zero-order chi connectivity index (χ0) is 44.4. The molecule has 0 bridgehead atoms. The second-order valence-electron chi connectivity index (χ2n) is 21.2. The maximum absolute atomic E-state index is 2.57. The number of hydrogen-bond donors (Lipinski definition) is 0. The summed E-state index contributed by atoms with van der Waals surface area (Å²) in [4.78, 5) is 0. The second-order valence-corrected chi connectivity index (χ2v) is 21.2. The van der Waals surface area contributed by atoms with Gasteiger partial charge in [-0.05, 0) is 187 Å². The summed E-state index contributed by atoms with van der Waals surface area (Å²) in [5.74, 6) is 0. The van der Waals surface area contributed by atoms with Crippen LogP contribution in [0.5, 0.6) is 0 Å². The van der Waals surface area contributed by atoms with Gasteiger partial charge in [-0.3, -0.25) is 0 Å². The molecule has 0 aliphatic rings. The maximum atomic E-state index is 2.57. The average Bonchev–Trinajstić information content (AvgIpc) is 3.82. The van der Waals surface area contributed by atoms with Gasteiger partial charge in [0, 0.05) is 0 Å². The predicted octanol–water partition coefficient (Wildman–Crippen LogP) is 19.1. The number of fused-ring (bicyclic) bond motifs is 8. The molecule has 14 rings (SSSR count). The van der Waals surface area contributed by atoms with Crippen LogP contribution in [-0.2, 0) is 10.8 Å². The fraction of sp³-hybridized carbons (Fsp3) is 0.121. The molecular weight excluding hydrogens is 793 g/mol. The van der Waals surface area contributed by atoms with Gasteiger partial charge in [0.25, 0.3) is 0 Å². The highest BCUT2D eigenvalue weighted by Gasteiger charge is 2.27. The zero-order valence-electron chi connectivity index (χ0n) is 38.3. The first kappa shape index (κ1) is 37.8. The number of hydrogen-bond acceptors (Lipinski definition) is 0. The SMILES string of the molecule is CC(C)(C)c1cc(-c2ccc3c4c(-c5ccccc5)c5cc6c(cc5c(-c5ccccc5)c4c4cccc2c34)c2cc3cccc4ccc5ccc6c2c5c43)c2cc(C(C)(C)C)ccc2c1. The molecule has 0 unspecified atom stereocenters. The third-order valence-electron chi connectivity index (χ3n) is 15.3. The van der Waals surface area contributed by atoms with E-state index in [9.17, 15) is 0 Å². The first-order chi connectivity index (χ1) is 32.0. The lowest BCUT2D eigenvalue weighted by Crippen LogP contribution is -2.12. The highest BCUT2D eigenvalue weighted by molar-refractivity contribution is 6.44. The van der Waals surface area contributed by atoms with Gasteiger partial charge >= 0.3 is 0 Å². The van der Waals surface area contributed by atoms with Crippen molar-refractivity contribution in [2.75, 3.05) is 0 Å². The van der Waals surface area contributed by atoms with Crippen molar-refractivity contribution in [3.8, 4) is 33.4 Å². The Morgan fingerprint density at radius 1 is 0.242 bits per heavy atom. The van der Waals surface area contributed by atoms with Crippen LogP contribution in [0, 0.1) is 0 Å². The van der Waals surface area contributed by atoms with Crippen LogP contribution in [0.1, 0.15) is 52.7 Å². The molecule has 0 heterocycles. The molecule has 0 atom stereocenters. The minimum Gasteiger partial charge on any atom is -0.0622 e. The van der Waals surface area contributed by atoms with Crippen LogP contribution in [0.2, 0.25) is 0 Å². The first-order valence-electron chi connectivity index (χ1n) is 23.7. The molecule has 0 fully saturated rings. The van der Waals surface area contributed by atoms with E-state index in [0.717, 1.165) is 0 Å². The normalized spacial score (nSPS) is 13.0. The summed E-state index contributed by atoms with van der Waals surface area (Å²) < 4.78 is 0. The van der Waals surface area contributed by atoms with Crippen molar-refractivity contribution < 1.29 is 0 Å². The molecule has 0 aliphatic heterocycles. The molecule has 14 aromatic rings. The number of rotatable bonds is 3. The minimum absolute atomic E-state index is 0.0107. The second kappa shape index (κ2) is 13.1. The molecule has 0 saturated heterocycles. The van der Waals surface area contributed by atoms with Gasteiger partial charge in [-0.15, -0.1) is 0 Å². The van der Waals surface area contributed by atoms with Gasteiger partial charge in [0.15, 0.2) is 0 Å². The van der Waals surface area contributed by atoms with Crippen LogP contribution in [0.3, 0.4) is 0 Å². The van der Waals surface area contributed by atoms with Crippen molar-refractivity contribution in [1.82, 2.24) is 0 Å². The van der Waals surface area contributed by atoms with Gasteiger partial charge in [0.05, 0.1) is 0 Å². The van der Waals surface area contributed by atoms with Gasteiger partial charge < -0.3 is 0 Å². The van der Waals surface area contributed by atoms with E-state index < -0.39 is 0 Å². The summed E-state index contributed by atoms with van der Waals surface area (Å²) in [7, 11) is 0. The Kier molecular flexibility index (Phi) is 7.48. The fourth-order valence-corrected chi connectivity index (χ4v) is 12.2. The summed E-state index contributed by atoms with van der Waals surface area (Å²) in [6, 6.07) is 70.2. The van der Waals surface area contributed by atoms with Crippen molar-refractivity contribution in [1.29, 1.82) is 0 Å². The summed E-state index contributed by atoms with van der Waals surface area (Å²) in [6.45, 7) is 14.0. The molecule has 0 heteroatoms. The lowest BCUT2D eigenvalue weighted by molar-refractivity contribution is 0.589. The Morgan fingerprint density at radius 2 is 0.803 bits per heavy atom. The van der Waals surface area contributed by atoms with Crippen LogP contribution < -0.4 is 0 Å². The van der Waals surface area contributed by atoms with E-state index in [4.69, 9.17) is 0 Å². The Hall–Kier alpha value is -7.54. The standard InChI is InChI=1S/C66H48/c1-65(2,3)43-27-25-41-31-44(66(4,5)6)34-51(50(41)33-43)45-29-30-49-61-46(45)21-14-22-48(61)63-58(37-15-9-7-10-16-37)56-36-53-52(35-55(56)59(64(49)63)38-17-11-8-12-18-38)47-28-26-40-24-23-39-19-13-20-42-32-54(53)62(47)60(40)57(39)42/h7-36H,1-6H3. The maximum Gasteiger partial charge on any atom is -0.000740 e. The molecule has 14 aromatic carbocycles. The third kappa shape index (κ3) is 5.10. The van der Waals surface area contributed by atoms with E-state index in [-0.39, 0.29) is 10.8 Å². The van der Waals surface area contributed by atoms with Gasteiger partial charge in [-0.25, -0.2) is 0 Å². The molecule has 0 spiro atoms. The molecule has 312 valence electrons. The molecule has 0 N–H and O–H groups in total. The smallest absolute Gasteiger partial charge is 0.000740 e. The van der Waals surface area contributed by atoms with Gasteiger partial charge in [-0.1, -0.05) is 199 Å². The van der Waals surface area contributed by atoms with Crippen LogP contribution in [0.25, 0.3) is 141 Å². The van der Waals surface area contributed by atoms with E-state index in [1.165, 1.54) is 152 Å². The molecule has 0 aromatic heterocycles. The average molecular weight is 841 g/mol. The topological polar surface area (TPSA) is 0 Å². The van der Waals surface area contributed by atoms with E-state index in [1.54, 1.807) is 0 Å². The van der Waals surface area contributed by atoms with E-state index in [2.05, 4.69) is 224 Å². The molecule has 0 amide bonds. The fourth-order valence-electron chi connectivity index (χ4n) is 12.2. The molecular formula is C66H48. The summed E-state index contributed by atoms with van der Waals surface area (Å²) in [5, 5.41) is 26.5. The van der Waals surface area contributed by atoms with E-state index >= 15 is 0 Å². The Labute approximate surface area is 384 Å². The van der Waals surface area contributed by atoms with Crippen molar-refractivity contribution in [2.24, 2.45) is 0 Å². The van der Waals surface area contributed by atoms with Crippen molar-refractivity contribution >= 4 is 108 Å². The summed E-state index contributed by atoms with van der Waals surface area (Å²) in [6.07, 6.45) is 0. The first-order valence-corrected chi connectivity index (χ1v) is 23.7. The quantitative estimate of drug-likeness (QED) is 0.156. The molecule has 0 nitrogen and oxygen atoms in total. The van der Waals surface area contributed by atoms with Crippen molar-refractivity contribution in [3.63, 3.8) is 0 Å². The number of benzene rings is 12. The van der Waals surface area contributed by atoms with Crippen LogP contribution in [-0.4, -0.2) is 0 Å². The van der Waals surface area contributed by atoms with Crippen LogP contribution in [0.15, 0.2) is 182 Å². The highest BCUT2D eigenvalue weighted by Crippen LogP contribution is 2.55. The Morgan fingerprint density at radius 3 is 1.48 bits per heavy atom. The molecule has 0 radical (unpaired) electrons. The summed E-state index contributed by atoms with van der Waals surface area (Å²) in [5.41, 5.74) is 10.4. The van der Waals surface area contributed by atoms with Gasteiger partial charge in [0.2, 0.25) is 0 Å². The van der Waals surface area contributed by atoms with Crippen LogP contribution in [0.4, 0.5) is 0 Å². The van der Waals surface area contributed by atoms with Crippen molar-refractivity contribution in [3.05, 3.63) is 193 Å². The summed E-state index contributed by atoms with van der Waals surface area (Å²) >= 11 is 0. The monoisotopic (exact) mass is 840 g/mol. The Balaban J connectivity index is 1.18. The van der Waals surface area contributed by atoms with Gasteiger partial charge in [-0.2, -0.15) is 0 Å².